The third kappa shape index (κ3) is 2.15. The van der Waals surface area contributed by atoms with E-state index in [2.05, 4.69) is 10.1 Å². The molecule has 0 aromatic carbocycles. The summed E-state index contributed by atoms with van der Waals surface area (Å²) in [5.74, 6) is 0.983. The van der Waals surface area contributed by atoms with E-state index < -0.39 is 0 Å². The largest absolute Gasteiger partial charge is 0.471 e. The lowest BCUT2D eigenvalue weighted by molar-refractivity contribution is 0.0953. The van der Waals surface area contributed by atoms with Crippen LogP contribution in [0, 0.1) is 0 Å². The summed E-state index contributed by atoms with van der Waals surface area (Å²) in [6.07, 6.45) is 3.96. The smallest absolute Gasteiger partial charge is 0.279 e. The van der Waals surface area contributed by atoms with Gasteiger partial charge in [-0.25, -0.2) is 4.98 Å². The minimum Gasteiger partial charge on any atom is -0.471 e. The molecular formula is C16H18N4O2. The summed E-state index contributed by atoms with van der Waals surface area (Å²) in [5, 5.41) is 4.41. The maximum atomic E-state index is 12.9. The minimum atomic E-state index is -0.0908. The summed E-state index contributed by atoms with van der Waals surface area (Å²) in [4.78, 5) is 18.8. The molecule has 0 radical (unpaired) electrons. The van der Waals surface area contributed by atoms with E-state index >= 15 is 0 Å². The van der Waals surface area contributed by atoms with Crippen LogP contribution in [0.25, 0.3) is 0 Å². The molecule has 0 N–H and O–H groups in total. The third-order valence-electron chi connectivity index (χ3n) is 4.17. The molecule has 1 unspecified atom stereocenters. The van der Waals surface area contributed by atoms with Gasteiger partial charge in [0.05, 0.1) is 6.54 Å². The molecule has 2 aliphatic rings. The number of aryl methyl sites for hydroxylation is 1. The van der Waals surface area contributed by atoms with Gasteiger partial charge in [0.25, 0.3) is 5.91 Å². The number of hydrogen-bond donors (Lipinski definition) is 0. The van der Waals surface area contributed by atoms with Crippen molar-refractivity contribution in [2.75, 3.05) is 11.4 Å². The number of carbonyl (C=O) groups excluding carboxylic acids is 1. The summed E-state index contributed by atoms with van der Waals surface area (Å²) in [5.41, 5.74) is 2.36. The summed E-state index contributed by atoms with van der Waals surface area (Å²) in [7, 11) is 1.90. The highest BCUT2D eigenvalue weighted by molar-refractivity contribution is 6.05. The fraction of sp³-hybridized carbons (Fsp3) is 0.438. The van der Waals surface area contributed by atoms with E-state index in [0.29, 0.717) is 29.7 Å². The van der Waals surface area contributed by atoms with Crippen molar-refractivity contribution in [3.8, 4) is 5.88 Å². The maximum absolute atomic E-state index is 12.9. The molecule has 1 fully saturated rings. The van der Waals surface area contributed by atoms with Crippen molar-refractivity contribution >= 4 is 11.6 Å². The second-order valence-corrected chi connectivity index (χ2v) is 6.02. The van der Waals surface area contributed by atoms with Crippen LogP contribution in [-0.2, 0) is 7.05 Å². The van der Waals surface area contributed by atoms with Crippen LogP contribution in [0.5, 0.6) is 5.88 Å². The number of carbonyl (C=O) groups is 1. The summed E-state index contributed by atoms with van der Waals surface area (Å²) in [6, 6.07) is 5.60. The van der Waals surface area contributed by atoms with Gasteiger partial charge in [0.15, 0.2) is 5.69 Å². The molecule has 1 amide bonds. The normalized spacial score (nSPS) is 20.5. The lowest BCUT2D eigenvalue weighted by Gasteiger charge is -2.31. The van der Waals surface area contributed by atoms with E-state index in [4.69, 9.17) is 4.74 Å². The molecule has 2 aromatic rings. The minimum absolute atomic E-state index is 0.0852. The average Bonchev–Trinajstić information content (AvgIpc) is 3.28. The van der Waals surface area contributed by atoms with E-state index in [1.807, 2.05) is 36.9 Å². The van der Waals surface area contributed by atoms with Crippen LogP contribution in [0.15, 0.2) is 24.4 Å². The second-order valence-electron chi connectivity index (χ2n) is 6.02. The van der Waals surface area contributed by atoms with Crippen molar-refractivity contribution in [2.45, 2.75) is 31.8 Å². The van der Waals surface area contributed by atoms with Crippen LogP contribution in [-0.4, -0.2) is 33.3 Å². The summed E-state index contributed by atoms with van der Waals surface area (Å²) in [6.45, 7) is 2.44. The van der Waals surface area contributed by atoms with Crippen molar-refractivity contribution in [2.24, 2.45) is 7.05 Å². The zero-order valence-corrected chi connectivity index (χ0v) is 12.7. The molecule has 3 heterocycles. The Bertz CT molecular complexity index is 735. The average molecular weight is 298 g/mol. The van der Waals surface area contributed by atoms with Gasteiger partial charge in [0, 0.05) is 24.9 Å². The van der Waals surface area contributed by atoms with Gasteiger partial charge in [-0.1, -0.05) is 0 Å². The van der Waals surface area contributed by atoms with Crippen molar-refractivity contribution in [3.05, 3.63) is 35.8 Å². The van der Waals surface area contributed by atoms with Gasteiger partial charge < -0.3 is 4.74 Å². The van der Waals surface area contributed by atoms with Crippen molar-refractivity contribution in [3.63, 3.8) is 0 Å². The topological polar surface area (TPSA) is 60.2 Å². The standard InChI is InChI=1S/C16H18N4O2/c1-10-9-20(13-4-3-7-17-15(13)22-10)16(21)12-8-14(11-5-6-11)19(2)18-12/h3-4,7-8,10-11H,5-6,9H2,1-2H3. The predicted molar refractivity (Wildman–Crippen MR) is 81.2 cm³/mol. The molecule has 0 spiro atoms. The SMILES string of the molecule is CC1CN(C(=O)c2cc(C3CC3)n(C)n2)c2cccnc2O1. The van der Waals surface area contributed by atoms with Gasteiger partial charge in [-0.05, 0) is 38.0 Å². The molecule has 6 nitrogen and oxygen atoms in total. The first kappa shape index (κ1) is 13.3. The maximum Gasteiger partial charge on any atom is 0.279 e. The number of anilines is 1. The Kier molecular flexibility index (Phi) is 2.92. The van der Waals surface area contributed by atoms with E-state index in [1.54, 1.807) is 11.1 Å². The van der Waals surface area contributed by atoms with Gasteiger partial charge in [0.2, 0.25) is 5.88 Å². The Morgan fingerprint density at radius 1 is 1.41 bits per heavy atom. The van der Waals surface area contributed by atoms with Gasteiger partial charge in [-0.3, -0.25) is 14.4 Å². The number of amides is 1. The predicted octanol–water partition coefficient (Wildman–Crippen LogP) is 2.12. The van der Waals surface area contributed by atoms with Crippen LogP contribution in [0.3, 0.4) is 0 Å². The Balaban J connectivity index is 1.69. The molecule has 1 saturated carbocycles. The highest BCUT2D eigenvalue weighted by Gasteiger charge is 2.33. The van der Waals surface area contributed by atoms with E-state index in [-0.39, 0.29) is 12.0 Å². The van der Waals surface area contributed by atoms with E-state index in [1.165, 1.54) is 12.8 Å². The number of nitrogens with zero attached hydrogens (tertiary/aromatic N) is 4. The van der Waals surface area contributed by atoms with Crippen LogP contribution >= 0.6 is 0 Å². The van der Waals surface area contributed by atoms with Gasteiger partial charge in [0.1, 0.15) is 11.8 Å². The Morgan fingerprint density at radius 3 is 3.00 bits per heavy atom. The molecule has 6 heteroatoms. The fourth-order valence-electron chi connectivity index (χ4n) is 2.94. The Labute approximate surface area is 128 Å². The molecule has 2 aromatic heterocycles. The third-order valence-corrected chi connectivity index (χ3v) is 4.17. The quantitative estimate of drug-likeness (QED) is 0.852. The lowest BCUT2D eigenvalue weighted by Crippen LogP contribution is -2.42. The molecule has 22 heavy (non-hydrogen) atoms. The second kappa shape index (κ2) is 4.83. The Morgan fingerprint density at radius 2 is 2.23 bits per heavy atom. The summed E-state index contributed by atoms with van der Waals surface area (Å²) < 4.78 is 7.53. The number of fused-ring (bicyclic) bond motifs is 1. The number of rotatable bonds is 2. The Hall–Kier alpha value is -2.37. The summed E-state index contributed by atoms with van der Waals surface area (Å²) >= 11 is 0. The number of ether oxygens (including phenoxy) is 1. The number of aromatic nitrogens is 3. The lowest BCUT2D eigenvalue weighted by atomic mass is 10.2. The molecule has 0 saturated heterocycles. The molecule has 0 bridgehead atoms. The van der Waals surface area contributed by atoms with Gasteiger partial charge >= 0.3 is 0 Å². The van der Waals surface area contributed by atoms with Crippen LogP contribution in [0.2, 0.25) is 0 Å². The first-order chi connectivity index (χ1) is 10.6. The van der Waals surface area contributed by atoms with Gasteiger partial charge in [-0.2, -0.15) is 5.10 Å². The molecule has 114 valence electrons. The highest BCUT2D eigenvalue weighted by Crippen LogP contribution is 2.40. The molecule has 1 atom stereocenters. The highest BCUT2D eigenvalue weighted by atomic mass is 16.5. The molecule has 4 rings (SSSR count). The molecule has 1 aliphatic heterocycles. The fourth-order valence-corrected chi connectivity index (χ4v) is 2.94. The number of hydrogen-bond acceptors (Lipinski definition) is 4. The van der Waals surface area contributed by atoms with E-state index in [9.17, 15) is 4.79 Å². The van der Waals surface area contributed by atoms with Crippen molar-refractivity contribution < 1.29 is 9.53 Å². The first-order valence-corrected chi connectivity index (χ1v) is 7.61. The van der Waals surface area contributed by atoms with Crippen LogP contribution in [0.4, 0.5) is 5.69 Å². The van der Waals surface area contributed by atoms with Gasteiger partial charge in [-0.15, -0.1) is 0 Å². The number of pyridine rings is 1. The van der Waals surface area contributed by atoms with E-state index in [0.717, 1.165) is 5.69 Å². The monoisotopic (exact) mass is 298 g/mol. The molecular weight excluding hydrogens is 280 g/mol. The van der Waals surface area contributed by atoms with Crippen molar-refractivity contribution in [1.82, 2.24) is 14.8 Å². The molecule has 1 aliphatic carbocycles. The van der Waals surface area contributed by atoms with Crippen molar-refractivity contribution in [1.29, 1.82) is 0 Å². The zero-order chi connectivity index (χ0) is 15.3. The van der Waals surface area contributed by atoms with Crippen LogP contribution in [0.1, 0.15) is 41.9 Å². The zero-order valence-electron chi connectivity index (χ0n) is 12.7. The first-order valence-electron chi connectivity index (χ1n) is 7.61. The van der Waals surface area contributed by atoms with Crippen LogP contribution < -0.4 is 9.64 Å².